The molecule has 0 bridgehead atoms. The number of aryl methyl sites for hydroxylation is 2. The van der Waals surface area contributed by atoms with E-state index in [1.165, 1.54) is 12.1 Å². The number of nitrogens with zero attached hydrogens (tertiary/aromatic N) is 7. The Balaban J connectivity index is 1.48. The van der Waals surface area contributed by atoms with Gasteiger partial charge in [0.25, 0.3) is 5.91 Å². The summed E-state index contributed by atoms with van der Waals surface area (Å²) in [6.07, 6.45) is 1.75. The molecule has 3 aromatic heterocycles. The number of imidazole rings is 1. The van der Waals surface area contributed by atoms with E-state index in [0.29, 0.717) is 32.0 Å². The molecule has 0 aromatic carbocycles. The van der Waals surface area contributed by atoms with Crippen molar-refractivity contribution in [3.8, 4) is 5.82 Å². The first-order valence-electron chi connectivity index (χ1n) is 9.48. The van der Waals surface area contributed by atoms with Crippen molar-refractivity contribution in [1.82, 2.24) is 24.4 Å². The van der Waals surface area contributed by atoms with Crippen molar-refractivity contribution in [1.29, 1.82) is 0 Å². The van der Waals surface area contributed by atoms with Crippen LogP contribution in [0.5, 0.6) is 0 Å². The number of carbonyl (C=O) groups excluding carboxylic acids is 1. The molecule has 11 nitrogen and oxygen atoms in total. The lowest BCUT2D eigenvalue weighted by Gasteiger charge is -2.35. The van der Waals surface area contributed by atoms with Gasteiger partial charge in [0.05, 0.1) is 11.8 Å². The van der Waals surface area contributed by atoms with Gasteiger partial charge in [0, 0.05) is 37.9 Å². The van der Waals surface area contributed by atoms with Crippen molar-refractivity contribution in [2.45, 2.75) is 20.8 Å². The molecule has 1 aliphatic heterocycles. The van der Waals surface area contributed by atoms with Crippen LogP contribution in [0, 0.1) is 30.9 Å². The second-order valence-electron chi connectivity index (χ2n) is 7.09. The van der Waals surface area contributed by atoms with Crippen molar-refractivity contribution in [2.75, 3.05) is 31.1 Å². The first-order valence-corrected chi connectivity index (χ1v) is 9.48. The molecular weight excluding hydrogens is 390 g/mol. The van der Waals surface area contributed by atoms with Crippen LogP contribution in [0.4, 0.5) is 11.7 Å². The van der Waals surface area contributed by atoms with Crippen LogP contribution in [0.3, 0.4) is 0 Å². The van der Waals surface area contributed by atoms with E-state index in [4.69, 9.17) is 4.42 Å². The van der Waals surface area contributed by atoms with E-state index in [-0.39, 0.29) is 11.7 Å². The van der Waals surface area contributed by atoms with Crippen molar-refractivity contribution in [3.63, 3.8) is 0 Å². The summed E-state index contributed by atoms with van der Waals surface area (Å²) in [5.41, 5.74) is 1.96. The average molecular weight is 411 g/mol. The maximum Gasteiger partial charge on any atom is 0.433 e. The standard InChI is InChI=1S/C19H21N7O4/c1-12-13(2)25(11-20-12)17-10-16(21-14(3)22-17)23-6-8-24(9-7-23)19(27)15-4-5-18(30-15)26(28)29/h4-5,10-11H,6-9H2,1-3H3. The lowest BCUT2D eigenvalue weighted by molar-refractivity contribution is -0.402. The quantitative estimate of drug-likeness (QED) is 0.472. The van der Waals surface area contributed by atoms with E-state index >= 15 is 0 Å². The topological polar surface area (TPSA) is 123 Å². The maximum atomic E-state index is 12.6. The van der Waals surface area contributed by atoms with E-state index < -0.39 is 10.8 Å². The number of aromatic nitrogens is 4. The van der Waals surface area contributed by atoms with Gasteiger partial charge in [-0.25, -0.2) is 15.0 Å². The van der Waals surface area contributed by atoms with E-state index in [0.717, 1.165) is 23.0 Å². The molecule has 11 heteroatoms. The smallest absolute Gasteiger partial charge is 0.395 e. The third-order valence-electron chi connectivity index (χ3n) is 5.18. The molecule has 0 atom stereocenters. The molecule has 3 aromatic rings. The zero-order chi connectivity index (χ0) is 21.4. The Morgan fingerprint density at radius 2 is 1.80 bits per heavy atom. The summed E-state index contributed by atoms with van der Waals surface area (Å²) in [5, 5.41) is 10.8. The summed E-state index contributed by atoms with van der Waals surface area (Å²) < 4.78 is 6.96. The van der Waals surface area contributed by atoms with Gasteiger partial charge in [-0.3, -0.25) is 19.5 Å². The number of amides is 1. The molecule has 4 rings (SSSR count). The van der Waals surface area contributed by atoms with E-state index in [1.54, 1.807) is 11.2 Å². The largest absolute Gasteiger partial charge is 0.433 e. The van der Waals surface area contributed by atoms with Crippen molar-refractivity contribution in [2.24, 2.45) is 0 Å². The zero-order valence-electron chi connectivity index (χ0n) is 16.9. The van der Waals surface area contributed by atoms with Crippen LogP contribution in [-0.4, -0.2) is 61.4 Å². The zero-order valence-corrected chi connectivity index (χ0v) is 16.9. The van der Waals surface area contributed by atoms with Crippen molar-refractivity contribution >= 4 is 17.6 Å². The van der Waals surface area contributed by atoms with Crippen LogP contribution < -0.4 is 4.90 Å². The Morgan fingerprint density at radius 1 is 1.10 bits per heavy atom. The number of hydrogen-bond acceptors (Lipinski definition) is 8. The Bertz CT molecular complexity index is 1110. The fourth-order valence-corrected chi connectivity index (χ4v) is 3.39. The van der Waals surface area contributed by atoms with Gasteiger partial charge in [0.15, 0.2) is 5.76 Å². The summed E-state index contributed by atoms with van der Waals surface area (Å²) >= 11 is 0. The average Bonchev–Trinajstić information content (AvgIpc) is 3.35. The summed E-state index contributed by atoms with van der Waals surface area (Å²) in [4.78, 5) is 39.8. The van der Waals surface area contributed by atoms with Crippen LogP contribution in [0.25, 0.3) is 5.82 Å². The van der Waals surface area contributed by atoms with Crippen LogP contribution in [0.1, 0.15) is 27.8 Å². The molecule has 0 unspecified atom stereocenters. The molecule has 4 heterocycles. The number of furan rings is 1. The maximum absolute atomic E-state index is 12.6. The molecule has 1 saturated heterocycles. The molecule has 0 radical (unpaired) electrons. The Kier molecular flexibility index (Phi) is 4.94. The van der Waals surface area contributed by atoms with Crippen LogP contribution in [0.2, 0.25) is 0 Å². The van der Waals surface area contributed by atoms with Crippen LogP contribution >= 0.6 is 0 Å². The predicted molar refractivity (Wildman–Crippen MR) is 107 cm³/mol. The van der Waals surface area contributed by atoms with E-state index in [9.17, 15) is 14.9 Å². The Morgan fingerprint density at radius 3 is 2.40 bits per heavy atom. The second-order valence-corrected chi connectivity index (χ2v) is 7.09. The number of hydrogen-bond donors (Lipinski definition) is 0. The molecule has 0 saturated carbocycles. The van der Waals surface area contributed by atoms with Gasteiger partial charge in [0.1, 0.15) is 28.7 Å². The van der Waals surface area contributed by atoms with E-state index in [1.807, 2.05) is 31.4 Å². The van der Waals surface area contributed by atoms with Gasteiger partial charge >= 0.3 is 5.88 Å². The van der Waals surface area contributed by atoms with Crippen molar-refractivity contribution in [3.05, 3.63) is 57.6 Å². The van der Waals surface area contributed by atoms with Crippen LogP contribution in [0.15, 0.2) is 28.9 Å². The Labute approximate surface area is 172 Å². The van der Waals surface area contributed by atoms with Gasteiger partial charge in [-0.1, -0.05) is 0 Å². The highest BCUT2D eigenvalue weighted by Gasteiger charge is 2.27. The molecule has 1 aliphatic rings. The summed E-state index contributed by atoms with van der Waals surface area (Å²) in [7, 11) is 0. The first kappa shape index (κ1) is 19.6. The highest BCUT2D eigenvalue weighted by molar-refractivity contribution is 5.92. The SMILES string of the molecule is Cc1nc(N2CCN(C(=O)c3ccc([N+](=O)[O-])o3)CC2)cc(-n2cnc(C)c2C)n1. The normalized spacial score (nSPS) is 14.2. The fourth-order valence-electron chi connectivity index (χ4n) is 3.39. The molecule has 0 spiro atoms. The minimum atomic E-state index is -0.660. The lowest BCUT2D eigenvalue weighted by atomic mass is 10.2. The van der Waals surface area contributed by atoms with Gasteiger partial charge in [0.2, 0.25) is 0 Å². The monoisotopic (exact) mass is 411 g/mol. The fraction of sp³-hybridized carbons (Fsp3) is 0.368. The highest BCUT2D eigenvalue weighted by Crippen LogP contribution is 2.21. The van der Waals surface area contributed by atoms with E-state index in [2.05, 4.69) is 19.9 Å². The molecule has 156 valence electrons. The van der Waals surface area contributed by atoms with Gasteiger partial charge < -0.3 is 14.2 Å². The Hall–Kier alpha value is -3.76. The molecule has 0 aliphatic carbocycles. The third-order valence-corrected chi connectivity index (χ3v) is 5.18. The first-order chi connectivity index (χ1) is 14.3. The number of rotatable bonds is 4. The van der Waals surface area contributed by atoms with Gasteiger partial charge in [-0.15, -0.1) is 0 Å². The summed E-state index contributed by atoms with van der Waals surface area (Å²) in [6, 6.07) is 4.44. The number of carbonyl (C=O) groups is 1. The molecule has 1 amide bonds. The number of anilines is 1. The second kappa shape index (κ2) is 7.58. The minimum Gasteiger partial charge on any atom is -0.395 e. The van der Waals surface area contributed by atoms with Crippen molar-refractivity contribution < 1.29 is 14.1 Å². The lowest BCUT2D eigenvalue weighted by Crippen LogP contribution is -2.49. The minimum absolute atomic E-state index is 0.0266. The van der Waals surface area contributed by atoms with Crippen LogP contribution in [-0.2, 0) is 0 Å². The predicted octanol–water partition coefficient (Wildman–Crippen LogP) is 2.05. The number of piperazine rings is 1. The summed E-state index contributed by atoms with van der Waals surface area (Å²) in [6.45, 7) is 7.84. The van der Waals surface area contributed by atoms with Gasteiger partial charge in [-0.05, 0) is 26.8 Å². The van der Waals surface area contributed by atoms with Gasteiger partial charge in [-0.2, -0.15) is 0 Å². The third kappa shape index (κ3) is 3.61. The highest BCUT2D eigenvalue weighted by atomic mass is 16.6. The molecular formula is C19H21N7O4. The summed E-state index contributed by atoms with van der Waals surface area (Å²) in [5.74, 6) is 1.36. The molecule has 0 N–H and O–H groups in total. The molecule has 1 fully saturated rings. The molecule has 30 heavy (non-hydrogen) atoms. The number of nitro groups is 1.